The first-order valence-corrected chi connectivity index (χ1v) is 10.4. The number of ether oxygens (including phenoxy) is 1. The average molecular weight is 463 g/mol. The number of nitrogens with one attached hydrogen (secondary N) is 1. The Kier molecular flexibility index (Phi) is 9.05. The first kappa shape index (κ1) is 24.2. The lowest BCUT2D eigenvalue weighted by Crippen LogP contribution is -2.50. The van der Waals surface area contributed by atoms with E-state index >= 15 is 0 Å². The SMILES string of the molecule is CC(O)C(NCC1(c2ccc(F)cc2)CCCCC1)Oc1cccc(Cl)c1Cl.Cl. The van der Waals surface area contributed by atoms with Gasteiger partial charge in [0, 0.05) is 12.0 Å². The van der Waals surface area contributed by atoms with Gasteiger partial charge in [-0.3, -0.25) is 5.32 Å². The van der Waals surface area contributed by atoms with E-state index in [1.54, 1.807) is 25.1 Å². The minimum atomic E-state index is -0.760. The fraction of sp³-hybridized carbons (Fsp3) is 0.455. The van der Waals surface area contributed by atoms with Gasteiger partial charge >= 0.3 is 0 Å². The Balaban J connectivity index is 0.00000300. The molecule has 0 amide bonds. The Morgan fingerprint density at radius 2 is 1.76 bits per heavy atom. The molecule has 1 fully saturated rings. The Hall–Kier alpha value is -1.04. The van der Waals surface area contributed by atoms with Crippen molar-refractivity contribution in [3.63, 3.8) is 0 Å². The number of benzene rings is 2. The van der Waals surface area contributed by atoms with E-state index in [9.17, 15) is 9.50 Å². The first-order valence-electron chi connectivity index (χ1n) is 9.69. The molecule has 0 radical (unpaired) electrons. The third kappa shape index (κ3) is 5.99. The van der Waals surface area contributed by atoms with Gasteiger partial charge in [-0.2, -0.15) is 0 Å². The van der Waals surface area contributed by atoms with Gasteiger partial charge in [0.05, 0.1) is 5.02 Å². The molecule has 0 aromatic heterocycles. The summed E-state index contributed by atoms with van der Waals surface area (Å²) in [7, 11) is 0. The maximum Gasteiger partial charge on any atom is 0.176 e. The van der Waals surface area contributed by atoms with Gasteiger partial charge in [0.1, 0.15) is 22.7 Å². The minimum absolute atomic E-state index is 0. The summed E-state index contributed by atoms with van der Waals surface area (Å²) in [5.74, 6) is 0.190. The van der Waals surface area contributed by atoms with Crippen LogP contribution in [0.15, 0.2) is 42.5 Å². The molecule has 1 aliphatic rings. The molecule has 1 saturated carbocycles. The van der Waals surface area contributed by atoms with E-state index < -0.39 is 12.3 Å². The zero-order valence-electron chi connectivity index (χ0n) is 16.3. The summed E-state index contributed by atoms with van der Waals surface area (Å²) < 4.78 is 19.4. The lowest BCUT2D eigenvalue weighted by molar-refractivity contribution is 0.0213. The van der Waals surface area contributed by atoms with Gasteiger partial charge in [-0.25, -0.2) is 4.39 Å². The van der Waals surface area contributed by atoms with Crippen LogP contribution in [0.5, 0.6) is 5.75 Å². The number of hydrogen-bond donors (Lipinski definition) is 2. The Bertz CT molecular complexity index is 780. The monoisotopic (exact) mass is 461 g/mol. The van der Waals surface area contributed by atoms with Gasteiger partial charge in [-0.1, -0.05) is 60.7 Å². The second kappa shape index (κ2) is 10.8. The van der Waals surface area contributed by atoms with Crippen LogP contribution in [0.2, 0.25) is 10.0 Å². The molecule has 0 spiro atoms. The Morgan fingerprint density at radius 3 is 2.38 bits per heavy atom. The van der Waals surface area contributed by atoms with Crippen LogP contribution in [0.4, 0.5) is 4.39 Å². The lowest BCUT2D eigenvalue weighted by Gasteiger charge is -2.39. The van der Waals surface area contributed by atoms with Crippen LogP contribution < -0.4 is 10.1 Å². The zero-order valence-corrected chi connectivity index (χ0v) is 18.7. The molecule has 0 saturated heterocycles. The smallest absolute Gasteiger partial charge is 0.176 e. The van der Waals surface area contributed by atoms with Crippen molar-refractivity contribution in [2.75, 3.05) is 6.54 Å². The standard InChI is InChI=1S/C22H26Cl2FNO2.ClH/c1-15(27)21(28-19-7-5-6-18(23)20(19)24)26-14-22(12-3-2-4-13-22)16-8-10-17(25)11-9-16;/h5-11,15,21,26-27H,2-4,12-14H2,1H3;1H. The molecule has 2 atom stereocenters. The van der Waals surface area contributed by atoms with Crippen molar-refractivity contribution in [3.8, 4) is 5.75 Å². The lowest BCUT2D eigenvalue weighted by atomic mass is 9.69. The molecule has 0 bridgehead atoms. The summed E-state index contributed by atoms with van der Waals surface area (Å²) >= 11 is 12.3. The quantitative estimate of drug-likeness (QED) is 0.486. The Labute approximate surface area is 188 Å². The molecule has 3 rings (SSSR count). The number of aliphatic hydroxyl groups excluding tert-OH is 1. The summed E-state index contributed by atoms with van der Waals surface area (Å²) in [4.78, 5) is 0. The maximum absolute atomic E-state index is 13.4. The van der Waals surface area contributed by atoms with Crippen molar-refractivity contribution in [2.24, 2.45) is 0 Å². The largest absolute Gasteiger partial charge is 0.471 e. The van der Waals surface area contributed by atoms with E-state index in [4.69, 9.17) is 27.9 Å². The van der Waals surface area contributed by atoms with Gasteiger partial charge in [0.15, 0.2) is 6.23 Å². The van der Waals surface area contributed by atoms with Gasteiger partial charge < -0.3 is 9.84 Å². The molecule has 1 aliphatic carbocycles. The first-order chi connectivity index (χ1) is 13.4. The topological polar surface area (TPSA) is 41.5 Å². The van der Waals surface area contributed by atoms with Crippen molar-refractivity contribution < 1.29 is 14.2 Å². The molecule has 2 aromatic rings. The van der Waals surface area contributed by atoms with E-state index in [1.165, 1.54) is 18.6 Å². The van der Waals surface area contributed by atoms with Crippen LogP contribution in [0, 0.1) is 5.82 Å². The van der Waals surface area contributed by atoms with Gasteiger partial charge in [0.2, 0.25) is 0 Å². The molecule has 160 valence electrons. The van der Waals surface area contributed by atoms with Gasteiger partial charge in [-0.15, -0.1) is 12.4 Å². The van der Waals surface area contributed by atoms with Crippen molar-refractivity contribution in [2.45, 2.75) is 56.8 Å². The van der Waals surface area contributed by atoms with E-state index in [0.29, 0.717) is 22.3 Å². The molecule has 0 heterocycles. The van der Waals surface area contributed by atoms with Crippen LogP contribution in [-0.4, -0.2) is 24.0 Å². The molecular formula is C22H27Cl3FNO2. The molecule has 2 N–H and O–H groups in total. The van der Waals surface area contributed by atoms with E-state index in [2.05, 4.69) is 5.32 Å². The van der Waals surface area contributed by atoms with E-state index in [1.807, 2.05) is 12.1 Å². The zero-order chi connectivity index (χ0) is 20.1. The average Bonchev–Trinajstić information content (AvgIpc) is 2.69. The highest BCUT2D eigenvalue weighted by Gasteiger charge is 2.35. The molecule has 7 heteroatoms. The van der Waals surface area contributed by atoms with E-state index in [-0.39, 0.29) is 23.6 Å². The second-order valence-electron chi connectivity index (χ2n) is 7.56. The van der Waals surface area contributed by atoms with Crippen molar-refractivity contribution in [3.05, 3.63) is 63.9 Å². The molecule has 29 heavy (non-hydrogen) atoms. The van der Waals surface area contributed by atoms with E-state index in [0.717, 1.165) is 31.2 Å². The normalized spacial score (nSPS) is 17.8. The minimum Gasteiger partial charge on any atom is -0.471 e. The van der Waals surface area contributed by atoms with Crippen molar-refractivity contribution in [1.29, 1.82) is 0 Å². The summed E-state index contributed by atoms with van der Waals surface area (Å²) in [6.45, 7) is 2.29. The number of halogens is 4. The molecule has 3 nitrogen and oxygen atoms in total. The highest BCUT2D eigenvalue weighted by Crippen LogP contribution is 2.39. The van der Waals surface area contributed by atoms with Crippen molar-refractivity contribution in [1.82, 2.24) is 5.32 Å². The predicted molar refractivity (Wildman–Crippen MR) is 119 cm³/mol. The van der Waals surface area contributed by atoms with Crippen LogP contribution in [0.25, 0.3) is 0 Å². The van der Waals surface area contributed by atoms with Crippen LogP contribution in [0.3, 0.4) is 0 Å². The fourth-order valence-corrected chi connectivity index (χ4v) is 4.25. The summed E-state index contributed by atoms with van der Waals surface area (Å²) in [5, 5.41) is 14.3. The third-order valence-corrected chi connectivity index (χ3v) is 6.32. The molecule has 2 aromatic carbocycles. The third-order valence-electron chi connectivity index (χ3n) is 5.52. The highest BCUT2D eigenvalue weighted by atomic mass is 35.5. The second-order valence-corrected chi connectivity index (χ2v) is 8.34. The van der Waals surface area contributed by atoms with Gasteiger partial charge in [-0.05, 0) is 49.6 Å². The van der Waals surface area contributed by atoms with Crippen molar-refractivity contribution >= 4 is 35.6 Å². The number of hydrogen-bond acceptors (Lipinski definition) is 3. The highest BCUT2D eigenvalue weighted by molar-refractivity contribution is 6.42. The Morgan fingerprint density at radius 1 is 1.10 bits per heavy atom. The van der Waals surface area contributed by atoms with Crippen LogP contribution in [-0.2, 0) is 5.41 Å². The summed E-state index contributed by atoms with van der Waals surface area (Å²) in [6, 6.07) is 11.9. The number of rotatable bonds is 7. The van der Waals surface area contributed by atoms with Gasteiger partial charge in [0.25, 0.3) is 0 Å². The maximum atomic E-state index is 13.4. The fourth-order valence-electron chi connectivity index (χ4n) is 3.92. The van der Waals surface area contributed by atoms with Crippen LogP contribution in [0.1, 0.15) is 44.6 Å². The predicted octanol–water partition coefficient (Wildman–Crippen LogP) is 6.13. The van der Waals surface area contributed by atoms with Crippen LogP contribution >= 0.6 is 35.6 Å². The molecular weight excluding hydrogens is 436 g/mol. The summed E-state index contributed by atoms with van der Waals surface area (Å²) in [5.41, 5.74) is 1.01. The molecule has 2 unspecified atom stereocenters. The molecule has 0 aliphatic heterocycles. The number of aliphatic hydroxyl groups is 1. The summed E-state index contributed by atoms with van der Waals surface area (Å²) in [6.07, 6.45) is 4.07.